The van der Waals surface area contributed by atoms with E-state index < -0.39 is 115 Å². The first-order valence-corrected chi connectivity index (χ1v) is 16.7. The van der Waals surface area contributed by atoms with E-state index in [9.17, 15) is 55.9 Å². The first kappa shape index (κ1) is 39.8. The topological polar surface area (TPSA) is 306 Å². The molecule has 4 heterocycles. The van der Waals surface area contributed by atoms with Crippen molar-refractivity contribution >= 4 is 11.0 Å². The Morgan fingerprint density at radius 3 is 2.04 bits per heavy atom. The van der Waals surface area contributed by atoms with Crippen LogP contribution in [0.25, 0.3) is 22.3 Å². The Bertz CT molecular complexity index is 1820. The van der Waals surface area contributed by atoms with E-state index >= 15 is 0 Å². The Balaban J connectivity index is 1.22. The van der Waals surface area contributed by atoms with E-state index in [1.54, 1.807) is 0 Å². The largest absolute Gasteiger partial charge is 0.508 e. The van der Waals surface area contributed by atoms with Gasteiger partial charge in [0.2, 0.25) is 17.5 Å². The third-order valence-electron chi connectivity index (χ3n) is 9.44. The van der Waals surface area contributed by atoms with Gasteiger partial charge in [0.1, 0.15) is 77.4 Å². The Morgan fingerprint density at radius 1 is 0.741 bits per heavy atom. The van der Waals surface area contributed by atoms with Crippen molar-refractivity contribution in [3.8, 4) is 40.1 Å². The van der Waals surface area contributed by atoms with E-state index in [4.69, 9.17) is 42.3 Å². The minimum Gasteiger partial charge on any atom is -0.508 e. The molecule has 0 amide bonds. The van der Waals surface area contributed by atoms with Gasteiger partial charge in [0, 0.05) is 31.2 Å². The van der Waals surface area contributed by atoms with Crippen LogP contribution in [0.2, 0.25) is 0 Å². The fraction of sp³-hybridized carbons (Fsp3) is 0.559. The molecule has 2 aromatic carbocycles. The predicted octanol–water partition coefficient (Wildman–Crippen LogP) is -2.27. The molecule has 0 aliphatic carbocycles. The van der Waals surface area contributed by atoms with E-state index in [0.29, 0.717) is 0 Å². The molecule has 0 saturated carbocycles. The lowest BCUT2D eigenvalue weighted by atomic mass is 9.98. The van der Waals surface area contributed by atoms with Crippen molar-refractivity contribution in [2.75, 3.05) is 34.0 Å². The molecular weight excluding hydrogens is 728 g/mol. The second kappa shape index (κ2) is 16.5. The van der Waals surface area contributed by atoms with Crippen molar-refractivity contribution in [3.05, 3.63) is 40.6 Å². The van der Waals surface area contributed by atoms with Crippen LogP contribution in [-0.2, 0) is 28.4 Å². The van der Waals surface area contributed by atoms with Gasteiger partial charge < -0.3 is 93.4 Å². The summed E-state index contributed by atoms with van der Waals surface area (Å²) in [5.74, 6) is -2.43. The molecule has 10 N–H and O–H groups in total. The zero-order valence-corrected chi connectivity index (χ0v) is 28.8. The molecule has 298 valence electrons. The summed E-state index contributed by atoms with van der Waals surface area (Å²) in [5.41, 5.74) is -1.20. The lowest BCUT2D eigenvalue weighted by Crippen LogP contribution is -2.62. The predicted molar refractivity (Wildman–Crippen MR) is 177 cm³/mol. The van der Waals surface area contributed by atoms with Crippen molar-refractivity contribution in [2.45, 2.75) is 86.3 Å². The number of rotatable bonds is 12. The zero-order valence-electron chi connectivity index (χ0n) is 28.8. The van der Waals surface area contributed by atoms with Crippen molar-refractivity contribution in [2.24, 2.45) is 0 Å². The molecule has 0 radical (unpaired) electrons. The maximum Gasteiger partial charge on any atom is 0.239 e. The number of hydrogen-bond donors (Lipinski definition) is 10. The Labute approximate surface area is 305 Å². The minimum absolute atomic E-state index is 0.0372. The van der Waals surface area contributed by atoms with Crippen LogP contribution in [-0.4, -0.2) is 165 Å². The number of methoxy groups -OCH3 is 2. The molecule has 54 heavy (non-hydrogen) atoms. The van der Waals surface area contributed by atoms with E-state index in [1.165, 1.54) is 32.4 Å². The molecule has 20 heteroatoms. The van der Waals surface area contributed by atoms with Gasteiger partial charge in [0.25, 0.3) is 0 Å². The van der Waals surface area contributed by atoms with Crippen molar-refractivity contribution in [1.82, 2.24) is 0 Å². The number of aliphatic hydroxyl groups is 7. The molecule has 6 rings (SSSR count). The van der Waals surface area contributed by atoms with Gasteiger partial charge >= 0.3 is 0 Å². The van der Waals surface area contributed by atoms with E-state index in [0.717, 1.165) is 12.1 Å². The number of hydrogen-bond acceptors (Lipinski definition) is 20. The van der Waals surface area contributed by atoms with E-state index in [-0.39, 0.29) is 48.0 Å². The fourth-order valence-electron chi connectivity index (χ4n) is 6.42. The van der Waals surface area contributed by atoms with Crippen LogP contribution in [0.5, 0.6) is 28.7 Å². The van der Waals surface area contributed by atoms with Crippen LogP contribution < -0.4 is 14.9 Å². The second-order valence-corrected chi connectivity index (χ2v) is 12.9. The van der Waals surface area contributed by atoms with Gasteiger partial charge in [-0.25, -0.2) is 0 Å². The van der Waals surface area contributed by atoms with Crippen LogP contribution in [0.4, 0.5) is 0 Å². The first-order valence-electron chi connectivity index (χ1n) is 16.7. The van der Waals surface area contributed by atoms with Crippen LogP contribution in [0.3, 0.4) is 0 Å². The maximum atomic E-state index is 13.8. The number of phenols is 3. The third-order valence-corrected chi connectivity index (χ3v) is 9.44. The quantitative estimate of drug-likeness (QED) is 0.0929. The molecule has 3 saturated heterocycles. The molecule has 1 aromatic heterocycles. The summed E-state index contributed by atoms with van der Waals surface area (Å²) in [4.78, 5) is 13.8. The summed E-state index contributed by atoms with van der Waals surface area (Å²) < 4.78 is 50.3. The van der Waals surface area contributed by atoms with E-state index in [1.807, 2.05) is 0 Å². The van der Waals surface area contributed by atoms with Crippen LogP contribution in [0.1, 0.15) is 6.42 Å². The molecule has 13 atom stereocenters. The van der Waals surface area contributed by atoms with Crippen molar-refractivity contribution in [3.63, 3.8) is 0 Å². The van der Waals surface area contributed by atoms with Crippen LogP contribution >= 0.6 is 0 Å². The highest BCUT2D eigenvalue weighted by molar-refractivity contribution is 5.88. The molecule has 1 unspecified atom stereocenters. The molecule has 3 aliphatic heterocycles. The third kappa shape index (κ3) is 7.79. The molecule has 3 aliphatic rings. The summed E-state index contributed by atoms with van der Waals surface area (Å²) in [6.07, 6.45) is -19.3. The minimum atomic E-state index is -2.00. The zero-order chi connectivity index (χ0) is 39.0. The highest BCUT2D eigenvalue weighted by Crippen LogP contribution is 2.40. The summed E-state index contributed by atoms with van der Waals surface area (Å²) in [6.45, 7) is -1.41. The maximum absolute atomic E-state index is 13.8. The lowest BCUT2D eigenvalue weighted by molar-refractivity contribution is -0.325. The van der Waals surface area contributed by atoms with Gasteiger partial charge in [-0.3, -0.25) is 4.79 Å². The Hall–Kier alpha value is -3.87. The van der Waals surface area contributed by atoms with Gasteiger partial charge in [0.15, 0.2) is 29.8 Å². The summed E-state index contributed by atoms with van der Waals surface area (Å²) in [6, 6.07) is 5.77. The molecule has 3 aromatic rings. The number of fused-ring (bicyclic) bond motifs is 1. The summed E-state index contributed by atoms with van der Waals surface area (Å²) in [5, 5.41) is 104. The van der Waals surface area contributed by atoms with Gasteiger partial charge in [-0.2, -0.15) is 0 Å². The second-order valence-electron chi connectivity index (χ2n) is 12.9. The highest BCUT2D eigenvalue weighted by Gasteiger charge is 2.49. The SMILES string of the molecule is COc1cc(-c2oc3cc(O)cc(O)c3c(=O)c2O[C@@H]2O[C@H](CO[C@@H]3O[C@H](COC4C[C@H](OC)O[C@@H]4CO)[C@@H](O)[C@H](O)[C@H]3O)[C@@H](O)[C@H](O)[C@H]2O)ccc1O. The number of aliphatic hydroxyl groups excluding tert-OH is 7. The molecule has 3 fully saturated rings. The lowest BCUT2D eigenvalue weighted by Gasteiger charge is -2.43. The van der Waals surface area contributed by atoms with E-state index in [2.05, 4.69) is 0 Å². The molecule has 0 bridgehead atoms. The number of ether oxygens (including phenoxy) is 8. The average Bonchev–Trinajstić information content (AvgIpc) is 3.57. The molecule has 20 nitrogen and oxygen atoms in total. The smallest absolute Gasteiger partial charge is 0.239 e. The van der Waals surface area contributed by atoms with Crippen molar-refractivity contribution in [1.29, 1.82) is 0 Å². The molecule has 0 spiro atoms. The standard InChI is InChI=1S/C34H42O20/c1-46-16-5-12(3-4-14(16)37)31-32(26(41)23-15(38)6-13(36)7-18(23)51-31)54-34-30(45)28(43)25(40)21(53-34)11-49-33-29(44)27(42)24(39)20(52-33)10-48-17-8-22(47-2)50-19(17)9-35/h3-7,17,19-22,24-25,27-30,33-40,42-45H,8-11H2,1-2H3/t17?,19-,20-,21-,22-,24-,25-,27+,28+,29-,30-,33-,34+/m1/s1. The number of phenolic OH excluding ortho intramolecular Hbond substituents is 3. The van der Waals surface area contributed by atoms with Gasteiger partial charge in [-0.05, 0) is 18.2 Å². The monoisotopic (exact) mass is 770 g/mol. The van der Waals surface area contributed by atoms with Gasteiger partial charge in [-0.15, -0.1) is 0 Å². The van der Waals surface area contributed by atoms with Gasteiger partial charge in [0.05, 0.1) is 33.0 Å². The average molecular weight is 771 g/mol. The fourth-order valence-corrected chi connectivity index (χ4v) is 6.42. The summed E-state index contributed by atoms with van der Waals surface area (Å²) in [7, 11) is 2.69. The normalized spacial score (nSPS) is 34.3. The first-order chi connectivity index (χ1) is 25.8. The molecular formula is C34H42O20. The Morgan fingerprint density at radius 2 is 1.39 bits per heavy atom. The van der Waals surface area contributed by atoms with Crippen LogP contribution in [0.15, 0.2) is 39.5 Å². The number of benzene rings is 2. The highest BCUT2D eigenvalue weighted by atomic mass is 16.7. The van der Waals surface area contributed by atoms with Crippen LogP contribution in [0, 0.1) is 0 Å². The van der Waals surface area contributed by atoms with Crippen molar-refractivity contribution < 1.29 is 93.4 Å². The Kier molecular flexibility index (Phi) is 12.1. The number of aromatic hydroxyl groups is 3. The summed E-state index contributed by atoms with van der Waals surface area (Å²) >= 11 is 0. The van der Waals surface area contributed by atoms with Gasteiger partial charge in [-0.1, -0.05) is 0 Å².